The summed E-state index contributed by atoms with van der Waals surface area (Å²) in [6, 6.07) is 3.98. The Labute approximate surface area is 114 Å². The molecule has 5 heteroatoms. The van der Waals surface area contributed by atoms with E-state index < -0.39 is 0 Å². The monoisotopic (exact) mass is 263 g/mol. The second-order valence-corrected chi connectivity index (χ2v) is 5.25. The van der Waals surface area contributed by atoms with Gasteiger partial charge in [0.25, 0.3) is 0 Å². The molecule has 0 aliphatic carbocycles. The molecular formula is C14H21N3O2. The molecule has 5 nitrogen and oxygen atoms in total. The Balaban J connectivity index is 1.85. The Morgan fingerprint density at radius 1 is 1.53 bits per heavy atom. The molecule has 1 fully saturated rings. The van der Waals surface area contributed by atoms with Crippen LogP contribution < -0.4 is 10.1 Å². The molecule has 1 atom stereocenters. The molecule has 0 bridgehead atoms. The fraction of sp³-hybridized carbons (Fsp3) is 0.571. The van der Waals surface area contributed by atoms with Crippen LogP contribution in [0.5, 0.6) is 5.88 Å². The largest absolute Gasteiger partial charge is 0.472 e. The number of hydrogen-bond acceptors (Lipinski definition) is 3. The molecule has 1 aliphatic rings. The Hall–Kier alpha value is -1.78. The Morgan fingerprint density at radius 2 is 2.32 bits per heavy atom. The summed E-state index contributed by atoms with van der Waals surface area (Å²) in [5, 5.41) is 2.89. The maximum atomic E-state index is 11.8. The first kappa shape index (κ1) is 13.6. The van der Waals surface area contributed by atoms with E-state index in [0.717, 1.165) is 18.5 Å². The van der Waals surface area contributed by atoms with Crippen LogP contribution in [0.3, 0.4) is 0 Å². The van der Waals surface area contributed by atoms with Gasteiger partial charge < -0.3 is 15.0 Å². The normalized spacial score (nSPS) is 18.7. The summed E-state index contributed by atoms with van der Waals surface area (Å²) in [5.41, 5.74) is 1.11. The number of carbonyl (C=O) groups is 1. The van der Waals surface area contributed by atoms with Crippen molar-refractivity contribution in [1.29, 1.82) is 0 Å². The number of carbonyl (C=O) groups excluding carboxylic acids is 1. The zero-order chi connectivity index (χ0) is 13.8. The molecule has 1 N–H and O–H groups in total. The Bertz CT molecular complexity index is 431. The van der Waals surface area contributed by atoms with Crippen molar-refractivity contribution < 1.29 is 9.53 Å². The average molecular weight is 263 g/mol. The third-order valence-corrected chi connectivity index (χ3v) is 3.02. The molecule has 1 aromatic heterocycles. The number of nitrogens with one attached hydrogen (secondary N) is 1. The second-order valence-electron chi connectivity index (χ2n) is 5.25. The summed E-state index contributed by atoms with van der Waals surface area (Å²) in [6.07, 6.45) is 2.67. The number of ether oxygens (including phenoxy) is 1. The molecule has 0 radical (unpaired) electrons. The van der Waals surface area contributed by atoms with Crippen molar-refractivity contribution >= 4 is 6.03 Å². The van der Waals surface area contributed by atoms with Gasteiger partial charge in [-0.3, -0.25) is 0 Å². The fourth-order valence-electron chi connectivity index (χ4n) is 2.04. The third kappa shape index (κ3) is 3.84. The number of urea groups is 1. The molecule has 0 aromatic carbocycles. The van der Waals surface area contributed by atoms with Crippen LogP contribution in [0.15, 0.2) is 18.3 Å². The smallest absolute Gasteiger partial charge is 0.317 e. The van der Waals surface area contributed by atoms with Crippen molar-refractivity contribution in [3.8, 4) is 5.88 Å². The van der Waals surface area contributed by atoms with E-state index in [1.165, 1.54) is 0 Å². The summed E-state index contributed by atoms with van der Waals surface area (Å²) < 4.78 is 5.78. The van der Waals surface area contributed by atoms with E-state index in [-0.39, 0.29) is 18.2 Å². The molecule has 2 heterocycles. The van der Waals surface area contributed by atoms with Gasteiger partial charge in [0.15, 0.2) is 0 Å². The van der Waals surface area contributed by atoms with Crippen LogP contribution in [0.25, 0.3) is 0 Å². The summed E-state index contributed by atoms with van der Waals surface area (Å²) in [7, 11) is 0. The van der Waals surface area contributed by atoms with Gasteiger partial charge in [0.2, 0.25) is 5.88 Å². The number of pyridine rings is 1. The standard InChI is InChI=1S/C14H21N3O2/c1-10(2)16-14(18)17-7-6-12(9-17)19-13-5-4-11(3)8-15-13/h4-5,8,10,12H,6-7,9H2,1-3H3,(H,16,18)/t12-/m1/s1. The molecule has 1 aromatic rings. The summed E-state index contributed by atoms with van der Waals surface area (Å²) in [6.45, 7) is 7.25. The number of rotatable bonds is 3. The van der Waals surface area contributed by atoms with Gasteiger partial charge in [-0.05, 0) is 26.3 Å². The maximum absolute atomic E-state index is 11.8. The molecule has 0 spiro atoms. The lowest BCUT2D eigenvalue weighted by Crippen LogP contribution is -2.42. The van der Waals surface area contributed by atoms with Crippen LogP contribution in [0, 0.1) is 6.92 Å². The quantitative estimate of drug-likeness (QED) is 0.907. The van der Waals surface area contributed by atoms with Gasteiger partial charge in [0, 0.05) is 31.3 Å². The van der Waals surface area contributed by atoms with E-state index in [1.54, 1.807) is 11.1 Å². The van der Waals surface area contributed by atoms with Gasteiger partial charge in [0.1, 0.15) is 6.10 Å². The van der Waals surface area contributed by atoms with Crippen molar-refractivity contribution in [2.45, 2.75) is 39.3 Å². The first-order chi connectivity index (χ1) is 9.04. The number of nitrogens with zero attached hydrogens (tertiary/aromatic N) is 2. The first-order valence-corrected chi connectivity index (χ1v) is 6.69. The van der Waals surface area contributed by atoms with Crippen molar-refractivity contribution in [1.82, 2.24) is 15.2 Å². The third-order valence-electron chi connectivity index (χ3n) is 3.02. The number of hydrogen-bond donors (Lipinski definition) is 1. The zero-order valence-electron chi connectivity index (χ0n) is 11.7. The van der Waals surface area contributed by atoms with Crippen molar-refractivity contribution in [2.75, 3.05) is 13.1 Å². The van der Waals surface area contributed by atoms with Gasteiger partial charge >= 0.3 is 6.03 Å². The van der Waals surface area contributed by atoms with E-state index in [2.05, 4.69) is 10.3 Å². The lowest BCUT2D eigenvalue weighted by atomic mass is 10.3. The number of aryl methyl sites for hydroxylation is 1. The molecule has 2 rings (SSSR count). The Morgan fingerprint density at radius 3 is 2.95 bits per heavy atom. The lowest BCUT2D eigenvalue weighted by Gasteiger charge is -2.19. The molecule has 1 saturated heterocycles. The summed E-state index contributed by atoms with van der Waals surface area (Å²) in [5.74, 6) is 0.627. The van der Waals surface area contributed by atoms with Crippen LogP contribution in [-0.4, -0.2) is 41.2 Å². The molecule has 104 valence electrons. The molecule has 2 amide bonds. The van der Waals surface area contributed by atoms with Crippen molar-refractivity contribution in [3.05, 3.63) is 23.9 Å². The average Bonchev–Trinajstić information content (AvgIpc) is 2.80. The highest BCUT2D eigenvalue weighted by Crippen LogP contribution is 2.16. The van der Waals surface area contributed by atoms with Crippen molar-refractivity contribution in [3.63, 3.8) is 0 Å². The SMILES string of the molecule is Cc1ccc(O[C@@H]2CCN(C(=O)NC(C)C)C2)nc1. The number of amides is 2. The van der Waals surface area contributed by atoms with E-state index in [4.69, 9.17) is 4.74 Å². The van der Waals surface area contributed by atoms with Gasteiger partial charge in [-0.15, -0.1) is 0 Å². The topological polar surface area (TPSA) is 54.5 Å². The van der Waals surface area contributed by atoms with Crippen LogP contribution in [0.4, 0.5) is 4.79 Å². The maximum Gasteiger partial charge on any atom is 0.317 e. The van der Waals surface area contributed by atoms with Gasteiger partial charge in [-0.1, -0.05) is 6.07 Å². The minimum Gasteiger partial charge on any atom is -0.472 e. The predicted octanol–water partition coefficient (Wildman–Crippen LogP) is 1.96. The van der Waals surface area contributed by atoms with Crippen LogP contribution in [0.1, 0.15) is 25.8 Å². The zero-order valence-corrected chi connectivity index (χ0v) is 11.7. The minimum absolute atomic E-state index is 0.0158. The second kappa shape index (κ2) is 5.91. The first-order valence-electron chi connectivity index (χ1n) is 6.69. The highest BCUT2D eigenvalue weighted by Gasteiger charge is 2.27. The highest BCUT2D eigenvalue weighted by molar-refractivity contribution is 5.74. The predicted molar refractivity (Wildman–Crippen MR) is 73.2 cm³/mol. The van der Waals surface area contributed by atoms with Crippen LogP contribution in [-0.2, 0) is 0 Å². The van der Waals surface area contributed by atoms with E-state index in [0.29, 0.717) is 12.4 Å². The summed E-state index contributed by atoms with van der Waals surface area (Å²) in [4.78, 5) is 17.9. The highest BCUT2D eigenvalue weighted by atomic mass is 16.5. The van der Waals surface area contributed by atoms with Gasteiger partial charge in [0.05, 0.1) is 6.54 Å². The van der Waals surface area contributed by atoms with E-state index in [9.17, 15) is 4.79 Å². The Kier molecular flexibility index (Phi) is 4.24. The van der Waals surface area contributed by atoms with Gasteiger partial charge in [-0.2, -0.15) is 0 Å². The van der Waals surface area contributed by atoms with E-state index in [1.807, 2.05) is 32.9 Å². The van der Waals surface area contributed by atoms with Crippen LogP contribution in [0.2, 0.25) is 0 Å². The minimum atomic E-state index is -0.0158. The van der Waals surface area contributed by atoms with E-state index >= 15 is 0 Å². The molecule has 0 unspecified atom stereocenters. The number of likely N-dealkylation sites (tertiary alicyclic amines) is 1. The molecule has 1 aliphatic heterocycles. The molecule has 19 heavy (non-hydrogen) atoms. The molecule has 0 saturated carbocycles. The number of aromatic nitrogens is 1. The fourth-order valence-corrected chi connectivity index (χ4v) is 2.04. The van der Waals surface area contributed by atoms with Crippen LogP contribution >= 0.6 is 0 Å². The van der Waals surface area contributed by atoms with Crippen molar-refractivity contribution in [2.24, 2.45) is 0 Å². The lowest BCUT2D eigenvalue weighted by molar-refractivity contribution is 0.181. The van der Waals surface area contributed by atoms with Gasteiger partial charge in [-0.25, -0.2) is 9.78 Å². The summed E-state index contributed by atoms with van der Waals surface area (Å²) >= 11 is 0. The molecular weight excluding hydrogens is 242 g/mol.